The minimum absolute atomic E-state index is 0.253. The maximum absolute atomic E-state index is 9.83. The maximum atomic E-state index is 9.83. The fourth-order valence-corrected chi connectivity index (χ4v) is 2.00. The molecule has 0 aliphatic rings. The average Bonchev–Trinajstić information content (AvgIpc) is 2.28. The first kappa shape index (κ1) is 11.1. The summed E-state index contributed by atoms with van der Waals surface area (Å²) < 4.78 is 8.98. The zero-order valence-corrected chi connectivity index (χ0v) is 9.71. The van der Waals surface area contributed by atoms with Crippen molar-refractivity contribution in [2.45, 2.75) is 11.8 Å². The van der Waals surface area contributed by atoms with Crippen molar-refractivity contribution in [3.05, 3.63) is 30.3 Å². The molecule has 0 amide bonds. The summed E-state index contributed by atoms with van der Waals surface area (Å²) in [7, 11) is 0. The van der Waals surface area contributed by atoms with Gasteiger partial charge in [-0.2, -0.15) is 0 Å². The second-order valence-corrected chi connectivity index (χ2v) is 4.15. The summed E-state index contributed by atoms with van der Waals surface area (Å²) in [5.74, 6) is 0.253. The second-order valence-electron chi connectivity index (χ2n) is 3.50. The monoisotopic (exact) mass is 235 g/mol. The summed E-state index contributed by atoms with van der Waals surface area (Å²) >= 11 is 0.707. The molecular formula is C12H13NO2S. The van der Waals surface area contributed by atoms with Crippen LogP contribution in [0.2, 0.25) is 0 Å². The quantitative estimate of drug-likeness (QED) is 0.712. The van der Waals surface area contributed by atoms with Crippen molar-refractivity contribution in [3.8, 4) is 5.75 Å². The zero-order chi connectivity index (χ0) is 11.5. The van der Waals surface area contributed by atoms with Crippen molar-refractivity contribution in [1.82, 2.24) is 0 Å². The van der Waals surface area contributed by atoms with Crippen LogP contribution in [0.3, 0.4) is 0 Å². The molecule has 4 heteroatoms. The summed E-state index contributed by atoms with van der Waals surface area (Å²) in [6.45, 7) is 2.81. The molecule has 3 nitrogen and oxygen atoms in total. The van der Waals surface area contributed by atoms with Crippen LogP contribution in [0.5, 0.6) is 5.75 Å². The van der Waals surface area contributed by atoms with Gasteiger partial charge in [-0.05, 0) is 36.6 Å². The third-order valence-electron chi connectivity index (χ3n) is 2.39. The van der Waals surface area contributed by atoms with Gasteiger partial charge in [0.1, 0.15) is 5.75 Å². The first-order valence-electron chi connectivity index (χ1n) is 5.06. The van der Waals surface area contributed by atoms with Crippen LogP contribution < -0.4 is 5.32 Å². The molecule has 84 valence electrons. The van der Waals surface area contributed by atoms with Crippen molar-refractivity contribution in [2.75, 3.05) is 11.9 Å². The lowest BCUT2D eigenvalue weighted by molar-refractivity contribution is 0.482. The predicted molar refractivity (Wildman–Crippen MR) is 68.3 cm³/mol. The summed E-state index contributed by atoms with van der Waals surface area (Å²) in [4.78, 5) is 0.764. The molecule has 0 aliphatic carbocycles. The molecule has 3 N–H and O–H groups in total. The number of hydrogen-bond acceptors (Lipinski definition) is 4. The van der Waals surface area contributed by atoms with E-state index in [1.165, 1.54) is 0 Å². The molecule has 0 aliphatic heterocycles. The van der Waals surface area contributed by atoms with Crippen molar-refractivity contribution >= 4 is 28.5 Å². The number of phenolic OH excluding ortho intramolecular Hbond substituents is 1. The number of rotatable bonds is 3. The van der Waals surface area contributed by atoms with Crippen molar-refractivity contribution in [3.63, 3.8) is 0 Å². The number of benzene rings is 2. The van der Waals surface area contributed by atoms with E-state index in [2.05, 4.69) is 5.32 Å². The second kappa shape index (κ2) is 4.63. The Hall–Kier alpha value is -1.39. The van der Waals surface area contributed by atoms with Crippen LogP contribution >= 0.6 is 12.0 Å². The fraction of sp³-hybridized carbons (Fsp3) is 0.167. The molecule has 2 aromatic carbocycles. The largest absolute Gasteiger partial charge is 0.507 e. The lowest BCUT2D eigenvalue weighted by atomic mass is 10.1. The van der Waals surface area contributed by atoms with Crippen LogP contribution in [-0.2, 0) is 0 Å². The number of aromatic hydroxyl groups is 1. The lowest BCUT2D eigenvalue weighted by Gasteiger charge is -2.08. The Morgan fingerprint density at radius 3 is 2.75 bits per heavy atom. The molecule has 0 saturated carbocycles. The van der Waals surface area contributed by atoms with E-state index in [1.807, 2.05) is 19.1 Å². The van der Waals surface area contributed by atoms with Gasteiger partial charge < -0.3 is 15.0 Å². The molecule has 0 radical (unpaired) electrons. The van der Waals surface area contributed by atoms with Gasteiger partial charge in [0.2, 0.25) is 0 Å². The van der Waals surface area contributed by atoms with Crippen LogP contribution in [0.25, 0.3) is 10.8 Å². The molecular weight excluding hydrogens is 222 g/mol. The molecule has 0 aromatic heterocycles. The van der Waals surface area contributed by atoms with Gasteiger partial charge >= 0.3 is 0 Å². The van der Waals surface area contributed by atoms with Crippen LogP contribution in [0.1, 0.15) is 6.92 Å². The molecule has 2 aromatic rings. The third kappa shape index (κ3) is 2.08. The third-order valence-corrected chi connectivity index (χ3v) is 2.85. The van der Waals surface area contributed by atoms with Gasteiger partial charge in [-0.15, -0.1) is 0 Å². The van der Waals surface area contributed by atoms with E-state index in [4.69, 9.17) is 4.55 Å². The highest BCUT2D eigenvalue weighted by Crippen LogP contribution is 2.31. The summed E-state index contributed by atoms with van der Waals surface area (Å²) in [6.07, 6.45) is 0. The Kier molecular flexibility index (Phi) is 3.22. The standard InChI is InChI=1S/C12H13NO2S/c1-2-13-9-5-8-6-10(16-15)3-4-11(8)12(14)7-9/h3-7,13-15H,2H2,1H3. The van der Waals surface area contributed by atoms with E-state index >= 15 is 0 Å². The minimum Gasteiger partial charge on any atom is -0.507 e. The van der Waals surface area contributed by atoms with Gasteiger partial charge in [0.05, 0.1) is 0 Å². The molecule has 0 spiro atoms. The number of hydrogen-bond donors (Lipinski definition) is 3. The Labute approximate surface area is 98.3 Å². The highest BCUT2D eigenvalue weighted by Gasteiger charge is 2.03. The highest BCUT2D eigenvalue weighted by molar-refractivity contribution is 7.93. The minimum atomic E-state index is 0.253. The van der Waals surface area contributed by atoms with Crippen LogP contribution in [0.4, 0.5) is 5.69 Å². The SMILES string of the molecule is CCNc1cc(O)c2ccc(SO)cc2c1. The fourth-order valence-electron chi connectivity index (χ4n) is 1.69. The average molecular weight is 235 g/mol. The number of anilines is 1. The number of fused-ring (bicyclic) bond motifs is 1. The van der Waals surface area contributed by atoms with Crippen molar-refractivity contribution in [1.29, 1.82) is 0 Å². The normalized spacial score (nSPS) is 10.6. The maximum Gasteiger partial charge on any atom is 0.125 e. The van der Waals surface area contributed by atoms with E-state index in [0.29, 0.717) is 12.0 Å². The molecule has 0 saturated heterocycles. The van der Waals surface area contributed by atoms with Gasteiger partial charge in [0.15, 0.2) is 0 Å². The molecule has 2 rings (SSSR count). The van der Waals surface area contributed by atoms with Crippen molar-refractivity contribution < 1.29 is 9.66 Å². The summed E-state index contributed by atoms with van der Waals surface area (Å²) in [6, 6.07) is 9.09. The Balaban J connectivity index is 2.58. The van der Waals surface area contributed by atoms with Gasteiger partial charge in [0, 0.05) is 40.6 Å². The van der Waals surface area contributed by atoms with Crippen LogP contribution in [0.15, 0.2) is 35.2 Å². The Morgan fingerprint density at radius 1 is 1.25 bits per heavy atom. The topological polar surface area (TPSA) is 52.5 Å². The highest BCUT2D eigenvalue weighted by atomic mass is 32.2. The van der Waals surface area contributed by atoms with E-state index in [-0.39, 0.29) is 5.75 Å². The first-order chi connectivity index (χ1) is 7.74. The summed E-state index contributed by atoms with van der Waals surface area (Å²) in [5.41, 5.74) is 0.882. The van der Waals surface area contributed by atoms with E-state index in [1.54, 1.807) is 18.2 Å². The number of phenols is 1. The smallest absolute Gasteiger partial charge is 0.125 e. The number of nitrogens with one attached hydrogen (secondary N) is 1. The lowest BCUT2D eigenvalue weighted by Crippen LogP contribution is -1.95. The molecule has 16 heavy (non-hydrogen) atoms. The van der Waals surface area contributed by atoms with E-state index in [9.17, 15) is 5.11 Å². The molecule has 0 fully saturated rings. The van der Waals surface area contributed by atoms with Crippen molar-refractivity contribution in [2.24, 2.45) is 0 Å². The molecule has 0 unspecified atom stereocenters. The molecule has 0 atom stereocenters. The Morgan fingerprint density at radius 2 is 2.06 bits per heavy atom. The zero-order valence-electron chi connectivity index (χ0n) is 8.90. The van der Waals surface area contributed by atoms with Crippen LogP contribution in [-0.4, -0.2) is 16.2 Å². The van der Waals surface area contributed by atoms with Gasteiger partial charge in [0.25, 0.3) is 0 Å². The van der Waals surface area contributed by atoms with E-state index in [0.717, 1.165) is 27.9 Å². The molecule has 0 heterocycles. The first-order valence-corrected chi connectivity index (χ1v) is 5.84. The van der Waals surface area contributed by atoms with Gasteiger partial charge in [-0.3, -0.25) is 0 Å². The van der Waals surface area contributed by atoms with Crippen LogP contribution in [0, 0.1) is 0 Å². The van der Waals surface area contributed by atoms with Gasteiger partial charge in [-0.1, -0.05) is 0 Å². The molecule has 0 bridgehead atoms. The predicted octanol–water partition coefficient (Wildman–Crippen LogP) is 3.54. The Bertz CT molecular complexity index is 514. The summed E-state index contributed by atoms with van der Waals surface area (Å²) in [5, 5.41) is 14.7. The van der Waals surface area contributed by atoms with Gasteiger partial charge in [-0.25, -0.2) is 0 Å². The van der Waals surface area contributed by atoms with E-state index < -0.39 is 0 Å².